The van der Waals surface area contributed by atoms with E-state index in [9.17, 15) is 0 Å². The molecule has 1 aromatic rings. The summed E-state index contributed by atoms with van der Waals surface area (Å²) in [6, 6.07) is 2.33. The number of allylic oxidation sites excluding steroid dienone is 2. The molecular formula is C20H30. The minimum atomic E-state index is 1.15. The highest BCUT2D eigenvalue weighted by Crippen LogP contribution is 2.31. The van der Waals surface area contributed by atoms with Gasteiger partial charge < -0.3 is 0 Å². The number of rotatable bonds is 6. The molecule has 0 heteroatoms. The Labute approximate surface area is 125 Å². The molecule has 0 nitrogen and oxygen atoms in total. The highest BCUT2D eigenvalue weighted by Gasteiger charge is 2.14. The predicted molar refractivity (Wildman–Crippen MR) is 93.2 cm³/mol. The first-order valence-electron chi connectivity index (χ1n) is 7.88. The lowest BCUT2D eigenvalue weighted by molar-refractivity contribution is 0.854. The molecule has 0 atom stereocenters. The van der Waals surface area contributed by atoms with Crippen LogP contribution in [0.3, 0.4) is 0 Å². The van der Waals surface area contributed by atoms with Crippen molar-refractivity contribution in [3.8, 4) is 0 Å². The van der Waals surface area contributed by atoms with Gasteiger partial charge in [-0.15, -0.1) is 0 Å². The Bertz CT molecular complexity index is 511. The summed E-state index contributed by atoms with van der Waals surface area (Å²) in [7, 11) is 0. The highest BCUT2D eigenvalue weighted by molar-refractivity contribution is 5.72. The van der Waals surface area contributed by atoms with Crippen LogP contribution >= 0.6 is 0 Å². The SMILES string of the molecule is C=C(C)c1cc(C)c(C=C(C)C)c(CCC)c1CCC. The van der Waals surface area contributed by atoms with Crippen LogP contribution in [0.25, 0.3) is 11.6 Å². The number of hydrogen-bond donors (Lipinski definition) is 0. The molecule has 0 aromatic heterocycles. The third kappa shape index (κ3) is 3.85. The highest BCUT2D eigenvalue weighted by atomic mass is 14.2. The first-order valence-corrected chi connectivity index (χ1v) is 7.88. The van der Waals surface area contributed by atoms with E-state index in [-0.39, 0.29) is 0 Å². The Hall–Kier alpha value is -1.30. The van der Waals surface area contributed by atoms with Crippen molar-refractivity contribution in [2.75, 3.05) is 0 Å². The molecule has 0 unspecified atom stereocenters. The third-order valence-electron chi connectivity index (χ3n) is 3.69. The van der Waals surface area contributed by atoms with Gasteiger partial charge in [0.2, 0.25) is 0 Å². The number of aryl methyl sites for hydroxylation is 1. The van der Waals surface area contributed by atoms with Crippen LogP contribution in [0.15, 0.2) is 18.2 Å². The summed E-state index contributed by atoms with van der Waals surface area (Å²) in [5.74, 6) is 0. The van der Waals surface area contributed by atoms with Gasteiger partial charge in [0, 0.05) is 0 Å². The topological polar surface area (TPSA) is 0 Å². The average Bonchev–Trinajstić information content (AvgIpc) is 2.36. The van der Waals surface area contributed by atoms with Gasteiger partial charge in [-0.2, -0.15) is 0 Å². The van der Waals surface area contributed by atoms with Crippen LogP contribution in [0.4, 0.5) is 0 Å². The van der Waals surface area contributed by atoms with Crippen molar-refractivity contribution in [1.82, 2.24) is 0 Å². The smallest absolute Gasteiger partial charge is 0.0193 e. The van der Waals surface area contributed by atoms with Gasteiger partial charge in [0.05, 0.1) is 0 Å². The molecule has 0 aliphatic rings. The second kappa shape index (κ2) is 7.47. The Morgan fingerprint density at radius 1 is 1.05 bits per heavy atom. The van der Waals surface area contributed by atoms with Gasteiger partial charge in [-0.1, -0.05) is 56.6 Å². The van der Waals surface area contributed by atoms with Crippen molar-refractivity contribution in [2.24, 2.45) is 0 Å². The maximum Gasteiger partial charge on any atom is -0.0193 e. The standard InChI is InChI=1S/C20H30/c1-8-10-17-18(11-9-2)20(12-14(3)4)16(7)13-19(17)15(5)6/h12-13H,5,8-11H2,1-4,6-7H3. The molecule has 0 amide bonds. The molecule has 0 aliphatic heterocycles. The summed E-state index contributed by atoms with van der Waals surface area (Å²) < 4.78 is 0. The van der Waals surface area contributed by atoms with E-state index in [2.05, 4.69) is 60.3 Å². The zero-order chi connectivity index (χ0) is 15.3. The van der Waals surface area contributed by atoms with E-state index >= 15 is 0 Å². The zero-order valence-corrected chi connectivity index (χ0v) is 14.2. The van der Waals surface area contributed by atoms with Crippen LogP contribution < -0.4 is 0 Å². The van der Waals surface area contributed by atoms with Gasteiger partial charge in [-0.05, 0) is 68.4 Å². The predicted octanol–water partition coefficient (Wildman–Crippen LogP) is 6.36. The normalized spacial score (nSPS) is 10.5. The maximum absolute atomic E-state index is 4.19. The van der Waals surface area contributed by atoms with Crippen LogP contribution in [-0.2, 0) is 12.8 Å². The van der Waals surface area contributed by atoms with E-state index < -0.39 is 0 Å². The van der Waals surface area contributed by atoms with Crippen molar-refractivity contribution < 1.29 is 0 Å². The molecule has 1 aromatic carbocycles. The van der Waals surface area contributed by atoms with Crippen LogP contribution in [0.5, 0.6) is 0 Å². The number of hydrogen-bond acceptors (Lipinski definition) is 0. The molecule has 20 heavy (non-hydrogen) atoms. The zero-order valence-electron chi connectivity index (χ0n) is 14.2. The molecule has 0 fully saturated rings. The summed E-state index contributed by atoms with van der Waals surface area (Å²) in [6.07, 6.45) is 7.05. The van der Waals surface area contributed by atoms with E-state index in [1.165, 1.54) is 46.2 Å². The summed E-state index contributed by atoms with van der Waals surface area (Å²) in [5, 5.41) is 0. The average molecular weight is 270 g/mol. The molecule has 0 spiro atoms. The second-order valence-electron chi connectivity index (χ2n) is 6.11. The van der Waals surface area contributed by atoms with Crippen LogP contribution in [0.2, 0.25) is 0 Å². The first kappa shape index (κ1) is 16.8. The van der Waals surface area contributed by atoms with Crippen molar-refractivity contribution in [1.29, 1.82) is 0 Å². The summed E-state index contributed by atoms with van der Waals surface area (Å²) in [6.45, 7) is 17.4. The monoisotopic (exact) mass is 270 g/mol. The lowest BCUT2D eigenvalue weighted by atomic mass is 9.85. The van der Waals surface area contributed by atoms with E-state index in [1.807, 2.05) is 0 Å². The minimum Gasteiger partial charge on any atom is -0.0955 e. The fraction of sp³-hybridized carbons (Fsp3) is 0.500. The van der Waals surface area contributed by atoms with Crippen molar-refractivity contribution in [3.05, 3.63) is 46.0 Å². The number of benzene rings is 1. The summed E-state index contributed by atoms with van der Waals surface area (Å²) >= 11 is 0. The second-order valence-corrected chi connectivity index (χ2v) is 6.11. The molecule has 0 heterocycles. The Balaban J connectivity index is 3.64. The summed E-state index contributed by atoms with van der Waals surface area (Å²) in [5.41, 5.74) is 9.84. The molecule has 0 radical (unpaired) electrons. The van der Waals surface area contributed by atoms with Gasteiger partial charge >= 0.3 is 0 Å². The van der Waals surface area contributed by atoms with Gasteiger partial charge in [0.1, 0.15) is 0 Å². The van der Waals surface area contributed by atoms with Crippen LogP contribution in [-0.4, -0.2) is 0 Å². The molecule has 0 saturated heterocycles. The molecular weight excluding hydrogens is 240 g/mol. The van der Waals surface area contributed by atoms with Crippen molar-refractivity contribution in [2.45, 2.75) is 67.2 Å². The molecule has 0 saturated carbocycles. The molecule has 1 rings (SSSR count). The Kier molecular flexibility index (Phi) is 6.26. The first-order chi connectivity index (χ1) is 9.42. The van der Waals surface area contributed by atoms with Crippen molar-refractivity contribution in [3.63, 3.8) is 0 Å². The van der Waals surface area contributed by atoms with Gasteiger partial charge in [-0.25, -0.2) is 0 Å². The lowest BCUT2D eigenvalue weighted by Gasteiger charge is -2.20. The molecule has 110 valence electrons. The Morgan fingerprint density at radius 2 is 1.60 bits per heavy atom. The van der Waals surface area contributed by atoms with Gasteiger partial charge in [0.15, 0.2) is 0 Å². The largest absolute Gasteiger partial charge is 0.0955 e. The van der Waals surface area contributed by atoms with E-state index in [0.29, 0.717) is 0 Å². The van der Waals surface area contributed by atoms with Gasteiger partial charge in [0.25, 0.3) is 0 Å². The third-order valence-corrected chi connectivity index (χ3v) is 3.69. The quantitative estimate of drug-likeness (QED) is 0.564. The lowest BCUT2D eigenvalue weighted by Crippen LogP contribution is -2.04. The molecule has 0 bridgehead atoms. The summed E-state index contributed by atoms with van der Waals surface area (Å²) in [4.78, 5) is 0. The van der Waals surface area contributed by atoms with E-state index in [4.69, 9.17) is 0 Å². The van der Waals surface area contributed by atoms with E-state index in [1.54, 1.807) is 5.56 Å². The van der Waals surface area contributed by atoms with Crippen LogP contribution in [0.1, 0.15) is 75.3 Å². The fourth-order valence-electron chi connectivity index (χ4n) is 2.89. The van der Waals surface area contributed by atoms with Crippen LogP contribution in [0, 0.1) is 6.92 Å². The maximum atomic E-state index is 4.19. The van der Waals surface area contributed by atoms with Gasteiger partial charge in [-0.3, -0.25) is 0 Å². The Morgan fingerprint density at radius 3 is 2.05 bits per heavy atom. The van der Waals surface area contributed by atoms with Crippen molar-refractivity contribution >= 4 is 11.6 Å². The van der Waals surface area contributed by atoms with E-state index in [0.717, 1.165) is 12.8 Å². The molecule has 0 N–H and O–H groups in total. The minimum absolute atomic E-state index is 1.15. The molecule has 0 aliphatic carbocycles. The fourth-order valence-corrected chi connectivity index (χ4v) is 2.89.